The average molecular weight is 168 g/mol. The van der Waals surface area contributed by atoms with Gasteiger partial charge in [-0.05, 0) is 25.3 Å². The smallest absolute Gasteiger partial charge is 0.237 e. The van der Waals surface area contributed by atoms with Crippen molar-refractivity contribution in [1.29, 1.82) is 0 Å². The molecule has 0 atom stereocenters. The number of carbonyl (C=O) groups excluding carboxylic acids is 1. The van der Waals surface area contributed by atoms with Crippen molar-refractivity contribution in [1.82, 2.24) is 9.80 Å². The van der Waals surface area contributed by atoms with E-state index in [4.69, 9.17) is 0 Å². The van der Waals surface area contributed by atoms with Crippen molar-refractivity contribution >= 4 is 5.91 Å². The molecule has 0 bridgehead atoms. The van der Waals surface area contributed by atoms with E-state index in [1.54, 1.807) is 0 Å². The second-order valence-corrected chi connectivity index (χ2v) is 3.85. The lowest BCUT2D eigenvalue weighted by Crippen LogP contribution is -2.29. The van der Waals surface area contributed by atoms with Gasteiger partial charge >= 0.3 is 0 Å². The Hall–Kier alpha value is -0.570. The second kappa shape index (κ2) is 3.05. The SMILES string of the molecule is CCN1CC(=O)N(CC2CC2)C1. The molecule has 68 valence electrons. The van der Waals surface area contributed by atoms with Crippen LogP contribution >= 0.6 is 0 Å². The molecular formula is C9H16N2O. The Morgan fingerprint density at radius 2 is 2.25 bits per heavy atom. The van der Waals surface area contributed by atoms with Crippen LogP contribution in [0.5, 0.6) is 0 Å². The molecule has 12 heavy (non-hydrogen) atoms. The molecule has 0 aromatic heterocycles. The van der Waals surface area contributed by atoms with E-state index in [-0.39, 0.29) is 0 Å². The van der Waals surface area contributed by atoms with E-state index in [0.717, 1.165) is 25.7 Å². The summed E-state index contributed by atoms with van der Waals surface area (Å²) in [5.41, 5.74) is 0. The van der Waals surface area contributed by atoms with Crippen LogP contribution in [0.1, 0.15) is 19.8 Å². The van der Waals surface area contributed by atoms with Gasteiger partial charge in [0.1, 0.15) is 0 Å². The second-order valence-electron chi connectivity index (χ2n) is 3.85. The first-order valence-corrected chi connectivity index (χ1v) is 4.79. The van der Waals surface area contributed by atoms with Gasteiger partial charge in [0.05, 0.1) is 13.2 Å². The van der Waals surface area contributed by atoms with Gasteiger partial charge in [0.25, 0.3) is 0 Å². The van der Waals surface area contributed by atoms with Crippen LogP contribution < -0.4 is 0 Å². The molecule has 2 aliphatic rings. The minimum absolute atomic E-state index is 0.323. The van der Waals surface area contributed by atoms with E-state index < -0.39 is 0 Å². The van der Waals surface area contributed by atoms with Gasteiger partial charge in [0, 0.05) is 6.54 Å². The Kier molecular flexibility index (Phi) is 2.05. The number of carbonyl (C=O) groups is 1. The fraction of sp³-hybridized carbons (Fsp3) is 0.889. The molecule has 0 aromatic rings. The van der Waals surface area contributed by atoms with Gasteiger partial charge in [-0.15, -0.1) is 0 Å². The fourth-order valence-electron chi connectivity index (χ4n) is 1.65. The third kappa shape index (κ3) is 1.61. The fourth-order valence-corrected chi connectivity index (χ4v) is 1.65. The molecule has 2 fully saturated rings. The number of nitrogens with zero attached hydrogens (tertiary/aromatic N) is 2. The van der Waals surface area contributed by atoms with Crippen molar-refractivity contribution in [2.24, 2.45) is 5.92 Å². The van der Waals surface area contributed by atoms with Gasteiger partial charge < -0.3 is 4.90 Å². The molecule has 3 heteroatoms. The summed E-state index contributed by atoms with van der Waals surface area (Å²) in [5, 5.41) is 0. The van der Waals surface area contributed by atoms with Crippen LogP contribution in [0.4, 0.5) is 0 Å². The van der Waals surface area contributed by atoms with Gasteiger partial charge in [0.2, 0.25) is 5.91 Å². The highest BCUT2D eigenvalue weighted by Gasteiger charge is 2.31. The molecule has 0 aromatic carbocycles. The number of rotatable bonds is 3. The summed E-state index contributed by atoms with van der Waals surface area (Å²) in [6.45, 7) is 5.62. The first kappa shape index (κ1) is 8.05. The summed E-state index contributed by atoms with van der Waals surface area (Å²) in [4.78, 5) is 15.6. The summed E-state index contributed by atoms with van der Waals surface area (Å²) >= 11 is 0. The largest absolute Gasteiger partial charge is 0.328 e. The van der Waals surface area contributed by atoms with Gasteiger partial charge in [-0.25, -0.2) is 0 Å². The Morgan fingerprint density at radius 3 is 2.75 bits per heavy atom. The highest BCUT2D eigenvalue weighted by Crippen LogP contribution is 2.30. The minimum Gasteiger partial charge on any atom is -0.328 e. The third-order valence-electron chi connectivity index (χ3n) is 2.71. The van der Waals surface area contributed by atoms with E-state index in [0.29, 0.717) is 12.5 Å². The maximum Gasteiger partial charge on any atom is 0.237 e. The molecule has 2 rings (SSSR count). The Bertz CT molecular complexity index is 189. The molecule has 0 radical (unpaired) electrons. The lowest BCUT2D eigenvalue weighted by atomic mass is 10.4. The quantitative estimate of drug-likeness (QED) is 0.613. The molecule has 1 aliphatic carbocycles. The third-order valence-corrected chi connectivity index (χ3v) is 2.71. The highest BCUT2D eigenvalue weighted by atomic mass is 16.2. The molecule has 1 saturated carbocycles. The zero-order valence-electron chi connectivity index (χ0n) is 7.62. The van der Waals surface area contributed by atoms with Gasteiger partial charge in [-0.2, -0.15) is 0 Å². The number of hydrogen-bond donors (Lipinski definition) is 0. The minimum atomic E-state index is 0.323. The highest BCUT2D eigenvalue weighted by molar-refractivity contribution is 5.80. The predicted molar refractivity (Wildman–Crippen MR) is 46.6 cm³/mol. The normalized spacial score (nSPS) is 25.4. The standard InChI is InChI=1S/C9H16N2O/c1-2-10-6-9(12)11(7-10)5-8-3-4-8/h8H,2-7H2,1H3. The molecule has 0 unspecified atom stereocenters. The van der Waals surface area contributed by atoms with Crippen LogP contribution in [0, 0.1) is 5.92 Å². The van der Waals surface area contributed by atoms with Crippen LogP contribution in [0.2, 0.25) is 0 Å². The van der Waals surface area contributed by atoms with Gasteiger partial charge in [-0.3, -0.25) is 9.69 Å². The molecule has 1 heterocycles. The van der Waals surface area contributed by atoms with Crippen molar-refractivity contribution in [3.05, 3.63) is 0 Å². The van der Waals surface area contributed by atoms with Crippen molar-refractivity contribution in [3.8, 4) is 0 Å². The van der Waals surface area contributed by atoms with E-state index in [1.165, 1.54) is 12.8 Å². The molecular weight excluding hydrogens is 152 g/mol. The van der Waals surface area contributed by atoms with Gasteiger partial charge in [0.15, 0.2) is 0 Å². The maximum atomic E-state index is 11.4. The molecule has 3 nitrogen and oxygen atoms in total. The van der Waals surface area contributed by atoms with Crippen LogP contribution in [0.25, 0.3) is 0 Å². The topological polar surface area (TPSA) is 23.6 Å². The summed E-state index contributed by atoms with van der Waals surface area (Å²) in [6.07, 6.45) is 2.66. The Labute approximate surface area is 73.3 Å². The predicted octanol–water partition coefficient (Wildman–Crippen LogP) is 0.518. The average Bonchev–Trinajstić information content (AvgIpc) is 2.78. The Balaban J connectivity index is 1.84. The van der Waals surface area contributed by atoms with Crippen molar-refractivity contribution in [2.45, 2.75) is 19.8 Å². The van der Waals surface area contributed by atoms with Crippen molar-refractivity contribution in [3.63, 3.8) is 0 Å². The van der Waals surface area contributed by atoms with Crippen LogP contribution in [-0.2, 0) is 4.79 Å². The maximum absolute atomic E-state index is 11.4. The zero-order valence-corrected chi connectivity index (χ0v) is 7.62. The zero-order chi connectivity index (χ0) is 8.55. The molecule has 0 N–H and O–H groups in total. The van der Waals surface area contributed by atoms with Crippen molar-refractivity contribution in [2.75, 3.05) is 26.3 Å². The Morgan fingerprint density at radius 1 is 1.50 bits per heavy atom. The monoisotopic (exact) mass is 168 g/mol. The van der Waals surface area contributed by atoms with Gasteiger partial charge in [-0.1, -0.05) is 6.92 Å². The summed E-state index contributed by atoms with van der Waals surface area (Å²) in [5.74, 6) is 1.15. The van der Waals surface area contributed by atoms with E-state index in [9.17, 15) is 4.79 Å². The van der Waals surface area contributed by atoms with Crippen LogP contribution in [0.3, 0.4) is 0 Å². The lowest BCUT2D eigenvalue weighted by molar-refractivity contribution is -0.126. The molecule has 1 amide bonds. The molecule has 1 saturated heterocycles. The first-order chi connectivity index (χ1) is 5.79. The van der Waals surface area contributed by atoms with E-state index in [1.807, 2.05) is 4.90 Å². The van der Waals surface area contributed by atoms with Crippen LogP contribution in [-0.4, -0.2) is 42.0 Å². The lowest BCUT2D eigenvalue weighted by Gasteiger charge is -2.16. The van der Waals surface area contributed by atoms with Crippen LogP contribution in [0.15, 0.2) is 0 Å². The number of amides is 1. The van der Waals surface area contributed by atoms with E-state index in [2.05, 4.69) is 11.8 Å². The number of likely N-dealkylation sites (N-methyl/N-ethyl adjacent to an activating group) is 1. The summed E-state index contributed by atoms with van der Waals surface area (Å²) in [6, 6.07) is 0. The van der Waals surface area contributed by atoms with Crippen molar-refractivity contribution < 1.29 is 4.79 Å². The molecule has 0 spiro atoms. The van der Waals surface area contributed by atoms with E-state index >= 15 is 0 Å². The summed E-state index contributed by atoms with van der Waals surface area (Å²) in [7, 11) is 0. The first-order valence-electron chi connectivity index (χ1n) is 4.79. The summed E-state index contributed by atoms with van der Waals surface area (Å²) < 4.78 is 0. The molecule has 1 aliphatic heterocycles. The number of hydrogen-bond acceptors (Lipinski definition) is 2.